The summed E-state index contributed by atoms with van der Waals surface area (Å²) >= 11 is 0. The Morgan fingerprint density at radius 3 is 2.67 bits per heavy atom. The highest BCUT2D eigenvalue weighted by Crippen LogP contribution is 2.20. The molecule has 1 aromatic heterocycles. The van der Waals surface area contributed by atoms with Gasteiger partial charge in [0, 0.05) is 25.3 Å². The molecule has 0 saturated carbocycles. The highest BCUT2D eigenvalue weighted by Gasteiger charge is 2.11. The van der Waals surface area contributed by atoms with Crippen LogP contribution in [0, 0.1) is 0 Å². The third-order valence-corrected chi connectivity index (χ3v) is 3.69. The second-order valence-electron chi connectivity index (χ2n) is 5.19. The molecule has 0 radical (unpaired) electrons. The van der Waals surface area contributed by atoms with Crippen molar-refractivity contribution in [2.24, 2.45) is 0 Å². The molecule has 6 heteroatoms. The van der Waals surface area contributed by atoms with Gasteiger partial charge in [-0.1, -0.05) is 23.3 Å². The summed E-state index contributed by atoms with van der Waals surface area (Å²) in [6, 6.07) is 8.69. The average Bonchev–Trinajstić information content (AvgIpc) is 3.18. The zero-order valence-electron chi connectivity index (χ0n) is 12.1. The van der Waals surface area contributed by atoms with Crippen LogP contribution in [0.1, 0.15) is 18.4 Å². The first-order valence-electron chi connectivity index (χ1n) is 7.31. The fourth-order valence-electron chi connectivity index (χ4n) is 2.56. The summed E-state index contributed by atoms with van der Waals surface area (Å²) in [4.78, 5) is 2.43. The number of anilines is 2. The fraction of sp³-hybridized carbons (Fsp3) is 0.400. The van der Waals surface area contributed by atoms with E-state index in [0.29, 0.717) is 19.0 Å². The minimum absolute atomic E-state index is 0.600. The second kappa shape index (κ2) is 6.39. The molecule has 0 unspecified atom stereocenters. The number of benzene rings is 1. The summed E-state index contributed by atoms with van der Waals surface area (Å²) < 4.78 is 1.69. The van der Waals surface area contributed by atoms with Gasteiger partial charge in [-0.3, -0.25) is 0 Å². The van der Waals surface area contributed by atoms with E-state index in [2.05, 4.69) is 56.6 Å². The van der Waals surface area contributed by atoms with Crippen LogP contribution in [0.2, 0.25) is 0 Å². The lowest BCUT2D eigenvalue weighted by Gasteiger charge is -2.17. The number of hydrogen-bond donors (Lipinski definition) is 1. The van der Waals surface area contributed by atoms with E-state index in [-0.39, 0.29) is 0 Å². The number of nitrogens with one attached hydrogen (secondary N) is 1. The highest BCUT2D eigenvalue weighted by molar-refractivity contribution is 5.48. The summed E-state index contributed by atoms with van der Waals surface area (Å²) in [6.07, 6.45) is 4.37. The minimum Gasteiger partial charge on any atom is -0.372 e. The van der Waals surface area contributed by atoms with E-state index < -0.39 is 0 Å². The Morgan fingerprint density at radius 2 is 1.95 bits per heavy atom. The first-order valence-corrected chi connectivity index (χ1v) is 7.31. The summed E-state index contributed by atoms with van der Waals surface area (Å²) in [7, 11) is 0. The van der Waals surface area contributed by atoms with Crippen molar-refractivity contribution in [3.05, 3.63) is 42.5 Å². The van der Waals surface area contributed by atoms with Crippen LogP contribution in [0.5, 0.6) is 0 Å². The Labute approximate surface area is 124 Å². The molecule has 1 N–H and O–H groups in total. The monoisotopic (exact) mass is 284 g/mol. The van der Waals surface area contributed by atoms with Crippen LogP contribution >= 0.6 is 0 Å². The molecule has 6 nitrogen and oxygen atoms in total. The lowest BCUT2D eigenvalue weighted by molar-refractivity contribution is 0.663. The maximum atomic E-state index is 3.97. The predicted octanol–water partition coefficient (Wildman–Crippen LogP) is 2.07. The Kier molecular flexibility index (Phi) is 4.14. The van der Waals surface area contributed by atoms with Crippen molar-refractivity contribution >= 4 is 11.6 Å². The first kappa shape index (κ1) is 13.6. The smallest absolute Gasteiger partial charge is 0.243 e. The summed E-state index contributed by atoms with van der Waals surface area (Å²) in [6.45, 7) is 7.35. The first-order chi connectivity index (χ1) is 10.4. The second-order valence-corrected chi connectivity index (χ2v) is 5.19. The molecule has 1 saturated heterocycles. The maximum absolute atomic E-state index is 3.97. The van der Waals surface area contributed by atoms with E-state index in [1.807, 2.05) is 0 Å². The molecule has 3 rings (SSSR count). The topological polar surface area (TPSA) is 58.9 Å². The number of aromatic nitrogens is 4. The number of rotatable bonds is 6. The SMILES string of the molecule is C=CCn1nnnc1NCc1ccc(N2CCCC2)cc1. The lowest BCUT2D eigenvalue weighted by atomic mass is 10.2. The van der Waals surface area contributed by atoms with Crippen molar-refractivity contribution in [3.63, 3.8) is 0 Å². The lowest BCUT2D eigenvalue weighted by Crippen LogP contribution is -2.17. The molecule has 2 aromatic rings. The van der Waals surface area contributed by atoms with E-state index in [1.165, 1.54) is 37.2 Å². The van der Waals surface area contributed by atoms with Crippen LogP contribution < -0.4 is 10.2 Å². The molecule has 110 valence electrons. The van der Waals surface area contributed by atoms with Gasteiger partial charge in [-0.15, -0.1) is 6.58 Å². The van der Waals surface area contributed by atoms with Crippen molar-refractivity contribution in [2.45, 2.75) is 25.9 Å². The van der Waals surface area contributed by atoms with Crippen LogP contribution in [-0.2, 0) is 13.1 Å². The molecular formula is C15H20N6. The van der Waals surface area contributed by atoms with E-state index >= 15 is 0 Å². The molecule has 2 heterocycles. The number of nitrogens with zero attached hydrogens (tertiary/aromatic N) is 5. The zero-order chi connectivity index (χ0) is 14.5. The Morgan fingerprint density at radius 1 is 1.19 bits per heavy atom. The molecule has 1 aliphatic heterocycles. The Bertz CT molecular complexity index is 582. The van der Waals surface area contributed by atoms with Gasteiger partial charge in [-0.25, -0.2) is 4.68 Å². The molecule has 21 heavy (non-hydrogen) atoms. The largest absolute Gasteiger partial charge is 0.372 e. The van der Waals surface area contributed by atoms with Gasteiger partial charge in [0.1, 0.15) is 0 Å². The van der Waals surface area contributed by atoms with Gasteiger partial charge in [0.05, 0.1) is 6.54 Å². The molecule has 1 aliphatic rings. The van der Waals surface area contributed by atoms with Gasteiger partial charge >= 0.3 is 0 Å². The van der Waals surface area contributed by atoms with Crippen molar-refractivity contribution in [2.75, 3.05) is 23.3 Å². The van der Waals surface area contributed by atoms with Crippen LogP contribution in [0.25, 0.3) is 0 Å². The third kappa shape index (κ3) is 3.21. The molecule has 1 aromatic carbocycles. The normalized spacial score (nSPS) is 14.4. The summed E-state index contributed by atoms with van der Waals surface area (Å²) in [5, 5.41) is 14.8. The molecule has 0 aliphatic carbocycles. The summed E-state index contributed by atoms with van der Waals surface area (Å²) in [5.41, 5.74) is 2.53. The number of tetrazole rings is 1. The van der Waals surface area contributed by atoms with Gasteiger partial charge < -0.3 is 10.2 Å². The zero-order valence-corrected chi connectivity index (χ0v) is 12.1. The van der Waals surface area contributed by atoms with E-state index in [9.17, 15) is 0 Å². The summed E-state index contributed by atoms with van der Waals surface area (Å²) in [5.74, 6) is 0.665. The molecular weight excluding hydrogens is 264 g/mol. The maximum Gasteiger partial charge on any atom is 0.243 e. The number of allylic oxidation sites excluding steroid dienone is 1. The molecule has 0 amide bonds. The van der Waals surface area contributed by atoms with Crippen LogP contribution in [0.3, 0.4) is 0 Å². The van der Waals surface area contributed by atoms with Crippen molar-refractivity contribution in [1.82, 2.24) is 20.2 Å². The molecule has 1 fully saturated rings. The van der Waals surface area contributed by atoms with Gasteiger partial charge in [-0.2, -0.15) is 0 Å². The molecule has 0 spiro atoms. The predicted molar refractivity (Wildman–Crippen MR) is 83.2 cm³/mol. The Hall–Kier alpha value is -2.37. The average molecular weight is 284 g/mol. The fourth-order valence-corrected chi connectivity index (χ4v) is 2.56. The van der Waals surface area contributed by atoms with Crippen LogP contribution in [0.4, 0.5) is 11.6 Å². The quantitative estimate of drug-likeness (QED) is 0.823. The minimum atomic E-state index is 0.600. The number of hydrogen-bond acceptors (Lipinski definition) is 5. The van der Waals surface area contributed by atoms with Crippen molar-refractivity contribution < 1.29 is 0 Å². The molecule has 0 bridgehead atoms. The van der Waals surface area contributed by atoms with Crippen LogP contribution in [0.15, 0.2) is 36.9 Å². The standard InChI is InChI=1S/C15H20N6/c1-2-9-21-15(17-18-19-21)16-12-13-5-7-14(8-6-13)20-10-3-4-11-20/h2,5-8H,1,3-4,9-12H2,(H,16,17,19). The van der Waals surface area contributed by atoms with Crippen LogP contribution in [-0.4, -0.2) is 33.3 Å². The van der Waals surface area contributed by atoms with Gasteiger partial charge in [0.2, 0.25) is 5.95 Å². The van der Waals surface area contributed by atoms with Crippen molar-refractivity contribution in [3.8, 4) is 0 Å². The Balaban J connectivity index is 1.60. The van der Waals surface area contributed by atoms with E-state index in [4.69, 9.17) is 0 Å². The van der Waals surface area contributed by atoms with Gasteiger partial charge in [-0.05, 0) is 41.0 Å². The third-order valence-electron chi connectivity index (χ3n) is 3.69. The van der Waals surface area contributed by atoms with Crippen molar-refractivity contribution in [1.29, 1.82) is 0 Å². The van der Waals surface area contributed by atoms with Gasteiger partial charge in [0.15, 0.2) is 0 Å². The van der Waals surface area contributed by atoms with E-state index in [1.54, 1.807) is 10.8 Å². The van der Waals surface area contributed by atoms with Gasteiger partial charge in [0.25, 0.3) is 0 Å². The highest BCUT2D eigenvalue weighted by atomic mass is 15.6. The van der Waals surface area contributed by atoms with E-state index in [0.717, 1.165) is 0 Å². The molecule has 0 atom stereocenters.